The van der Waals surface area contributed by atoms with E-state index in [1.807, 2.05) is 35.2 Å². The first-order chi connectivity index (χ1) is 14.7. The van der Waals surface area contributed by atoms with Crippen molar-refractivity contribution in [3.8, 4) is 5.69 Å². The Labute approximate surface area is 174 Å². The first kappa shape index (κ1) is 18.8. The number of hydrogen-bond donors (Lipinski definition) is 1. The molecule has 2 saturated heterocycles. The summed E-state index contributed by atoms with van der Waals surface area (Å²) in [4.78, 5) is 36.6. The van der Waals surface area contributed by atoms with Crippen LogP contribution in [0.5, 0.6) is 0 Å². The normalized spacial score (nSPS) is 18.3. The van der Waals surface area contributed by atoms with Crippen LogP contribution < -0.4 is 10.5 Å². The van der Waals surface area contributed by atoms with Gasteiger partial charge in [0.2, 0.25) is 11.9 Å². The van der Waals surface area contributed by atoms with Gasteiger partial charge in [-0.05, 0) is 43.7 Å². The number of anilines is 1. The Bertz CT molecular complexity index is 1100. The molecule has 8 heteroatoms. The first-order valence-electron chi connectivity index (χ1n) is 10.8. The summed E-state index contributed by atoms with van der Waals surface area (Å²) in [6, 6.07) is 9.72. The summed E-state index contributed by atoms with van der Waals surface area (Å²) in [6.07, 6.45) is 6.38. The van der Waals surface area contributed by atoms with Gasteiger partial charge in [-0.15, -0.1) is 0 Å². The van der Waals surface area contributed by atoms with Gasteiger partial charge < -0.3 is 9.80 Å². The van der Waals surface area contributed by atoms with Gasteiger partial charge in [-0.2, -0.15) is 10.1 Å². The molecule has 2 aromatic heterocycles. The minimum absolute atomic E-state index is 0.168. The molecule has 0 aliphatic carbocycles. The van der Waals surface area contributed by atoms with E-state index in [0.29, 0.717) is 35.2 Å². The number of amides is 1. The number of H-pyrrole nitrogens is 1. The maximum Gasteiger partial charge on any atom is 0.263 e. The summed E-state index contributed by atoms with van der Waals surface area (Å²) in [5, 5.41) is 4.86. The summed E-state index contributed by atoms with van der Waals surface area (Å²) in [7, 11) is 0. The van der Waals surface area contributed by atoms with E-state index in [4.69, 9.17) is 4.98 Å². The molecule has 1 N–H and O–H groups in total. The summed E-state index contributed by atoms with van der Waals surface area (Å²) < 4.78 is 1.71. The van der Waals surface area contributed by atoms with Crippen molar-refractivity contribution >= 4 is 22.9 Å². The highest BCUT2D eigenvalue weighted by molar-refractivity contribution is 5.77. The van der Waals surface area contributed by atoms with Gasteiger partial charge in [-0.1, -0.05) is 18.2 Å². The number of hydrogen-bond acceptors (Lipinski definition) is 5. The molecular weight excluding hydrogens is 380 g/mol. The Morgan fingerprint density at radius 2 is 1.83 bits per heavy atom. The van der Waals surface area contributed by atoms with Crippen molar-refractivity contribution in [2.75, 3.05) is 31.1 Å². The topological polar surface area (TPSA) is 87.1 Å². The molecule has 0 atom stereocenters. The van der Waals surface area contributed by atoms with E-state index < -0.39 is 0 Å². The summed E-state index contributed by atoms with van der Waals surface area (Å²) in [5.41, 5.74) is 1.28. The number of para-hydroxylation sites is 1. The molecule has 4 heterocycles. The quantitative estimate of drug-likeness (QED) is 0.719. The van der Waals surface area contributed by atoms with Crippen LogP contribution in [0.2, 0.25) is 0 Å². The average molecular weight is 406 g/mol. The highest BCUT2D eigenvalue weighted by Crippen LogP contribution is 2.24. The molecule has 156 valence electrons. The second-order valence-corrected chi connectivity index (χ2v) is 8.25. The third-order valence-electron chi connectivity index (χ3n) is 6.24. The van der Waals surface area contributed by atoms with Crippen molar-refractivity contribution in [1.82, 2.24) is 24.6 Å². The lowest BCUT2D eigenvalue weighted by Crippen LogP contribution is -2.43. The number of carbonyl (C=O) groups excluding carboxylic acids is 1. The highest BCUT2D eigenvalue weighted by Gasteiger charge is 2.26. The molecule has 1 aromatic carbocycles. The van der Waals surface area contributed by atoms with E-state index in [9.17, 15) is 9.59 Å². The molecule has 0 bridgehead atoms. The number of benzene rings is 1. The third-order valence-corrected chi connectivity index (χ3v) is 6.24. The number of aromatic nitrogens is 4. The SMILES string of the molecule is O=C1CCCCN1CC1CCN(c2nc3c(cnn3-c3ccccc3)c(=O)[nH]2)CC1. The maximum atomic E-state index is 12.6. The fourth-order valence-corrected chi connectivity index (χ4v) is 4.51. The van der Waals surface area contributed by atoms with Gasteiger partial charge in [-0.3, -0.25) is 14.6 Å². The van der Waals surface area contributed by atoms with Gasteiger partial charge >= 0.3 is 0 Å². The molecule has 5 rings (SSSR count). The number of aromatic amines is 1. The Balaban J connectivity index is 1.33. The van der Waals surface area contributed by atoms with Crippen LogP contribution in [0.3, 0.4) is 0 Å². The summed E-state index contributed by atoms with van der Waals surface area (Å²) >= 11 is 0. The van der Waals surface area contributed by atoms with Crippen molar-refractivity contribution in [2.24, 2.45) is 5.92 Å². The van der Waals surface area contributed by atoms with Crippen molar-refractivity contribution in [3.63, 3.8) is 0 Å². The number of fused-ring (bicyclic) bond motifs is 1. The van der Waals surface area contributed by atoms with Gasteiger partial charge in [0.05, 0.1) is 11.9 Å². The zero-order valence-electron chi connectivity index (χ0n) is 17.0. The van der Waals surface area contributed by atoms with Crippen molar-refractivity contribution < 1.29 is 4.79 Å². The second kappa shape index (κ2) is 7.93. The minimum Gasteiger partial charge on any atom is -0.342 e. The number of piperidine rings is 2. The zero-order chi connectivity index (χ0) is 20.5. The smallest absolute Gasteiger partial charge is 0.263 e. The first-order valence-corrected chi connectivity index (χ1v) is 10.8. The third kappa shape index (κ3) is 3.58. The van der Waals surface area contributed by atoms with Gasteiger partial charge in [-0.25, -0.2) is 4.68 Å². The lowest BCUT2D eigenvalue weighted by molar-refractivity contribution is -0.134. The lowest BCUT2D eigenvalue weighted by Gasteiger charge is -2.36. The molecule has 1 amide bonds. The molecule has 8 nitrogen and oxygen atoms in total. The molecule has 0 spiro atoms. The van der Waals surface area contributed by atoms with Crippen molar-refractivity contribution in [1.29, 1.82) is 0 Å². The van der Waals surface area contributed by atoms with E-state index >= 15 is 0 Å². The second-order valence-electron chi connectivity index (χ2n) is 8.25. The maximum absolute atomic E-state index is 12.6. The monoisotopic (exact) mass is 406 g/mol. The van der Waals surface area contributed by atoms with Crippen LogP contribution in [0, 0.1) is 5.92 Å². The molecule has 3 aromatic rings. The van der Waals surface area contributed by atoms with Gasteiger partial charge in [0.25, 0.3) is 5.56 Å². The lowest BCUT2D eigenvalue weighted by atomic mass is 9.95. The number of nitrogens with one attached hydrogen (secondary N) is 1. The minimum atomic E-state index is -0.168. The summed E-state index contributed by atoms with van der Waals surface area (Å²) in [6.45, 7) is 3.39. The van der Waals surface area contributed by atoms with Crippen LogP contribution in [0.15, 0.2) is 41.3 Å². The Hall–Kier alpha value is -3.16. The summed E-state index contributed by atoms with van der Waals surface area (Å²) in [5.74, 6) is 1.40. The van der Waals surface area contributed by atoms with E-state index in [0.717, 1.165) is 57.5 Å². The van der Waals surface area contributed by atoms with E-state index in [-0.39, 0.29) is 5.56 Å². The van der Waals surface area contributed by atoms with Crippen LogP contribution >= 0.6 is 0 Å². The van der Waals surface area contributed by atoms with Crippen LogP contribution in [-0.2, 0) is 4.79 Å². The molecule has 2 fully saturated rings. The average Bonchev–Trinajstić information content (AvgIpc) is 3.21. The molecular formula is C22H26N6O2. The molecule has 2 aliphatic heterocycles. The van der Waals surface area contributed by atoms with Gasteiger partial charge in [0.1, 0.15) is 5.39 Å². The number of carbonyl (C=O) groups is 1. The van der Waals surface area contributed by atoms with Crippen molar-refractivity contribution in [2.45, 2.75) is 32.1 Å². The van der Waals surface area contributed by atoms with Crippen molar-refractivity contribution in [3.05, 3.63) is 46.9 Å². The predicted molar refractivity (Wildman–Crippen MR) is 115 cm³/mol. The van der Waals surface area contributed by atoms with Crippen LogP contribution in [-0.4, -0.2) is 56.7 Å². The van der Waals surface area contributed by atoms with Crippen LogP contribution in [0.25, 0.3) is 16.7 Å². The fraction of sp³-hybridized carbons (Fsp3) is 0.455. The number of nitrogens with zero attached hydrogens (tertiary/aromatic N) is 5. The largest absolute Gasteiger partial charge is 0.342 e. The molecule has 0 unspecified atom stereocenters. The number of likely N-dealkylation sites (tertiary alicyclic amines) is 1. The van der Waals surface area contributed by atoms with E-state index in [2.05, 4.69) is 15.0 Å². The Kier molecular flexibility index (Phi) is 4.98. The highest BCUT2D eigenvalue weighted by atomic mass is 16.2. The molecule has 2 aliphatic rings. The van der Waals surface area contributed by atoms with E-state index in [1.165, 1.54) is 0 Å². The van der Waals surface area contributed by atoms with Crippen LogP contribution in [0.4, 0.5) is 5.95 Å². The fourth-order valence-electron chi connectivity index (χ4n) is 4.51. The van der Waals surface area contributed by atoms with Crippen LogP contribution in [0.1, 0.15) is 32.1 Å². The molecule has 0 radical (unpaired) electrons. The van der Waals surface area contributed by atoms with Gasteiger partial charge in [0, 0.05) is 32.6 Å². The zero-order valence-corrected chi connectivity index (χ0v) is 17.0. The molecule has 0 saturated carbocycles. The Morgan fingerprint density at radius 1 is 1.03 bits per heavy atom. The molecule has 30 heavy (non-hydrogen) atoms. The predicted octanol–water partition coefficient (Wildman–Crippen LogP) is 2.34. The van der Waals surface area contributed by atoms with E-state index in [1.54, 1.807) is 10.9 Å². The van der Waals surface area contributed by atoms with Gasteiger partial charge in [0.15, 0.2) is 5.65 Å². The number of rotatable bonds is 4. The standard InChI is InChI=1S/C22H26N6O2/c29-19-8-4-5-11-27(19)15-16-9-12-26(13-10-16)22-24-20-18(21(30)25-22)14-23-28(20)17-6-2-1-3-7-17/h1-3,6-7,14,16H,4-5,8-13,15H2,(H,24,25,30). The Morgan fingerprint density at radius 3 is 2.60 bits per heavy atom.